The molecule has 0 aliphatic heterocycles. The van der Waals surface area contributed by atoms with E-state index in [-0.39, 0.29) is 5.78 Å². The molecule has 5 nitrogen and oxygen atoms in total. The summed E-state index contributed by atoms with van der Waals surface area (Å²) >= 11 is 0. The second kappa shape index (κ2) is 5.00. The minimum atomic E-state index is 0.0635. The number of carbonyl (C=O) groups is 1. The zero-order valence-electron chi connectivity index (χ0n) is 10.8. The molecule has 0 aliphatic rings. The molecule has 0 saturated heterocycles. The van der Waals surface area contributed by atoms with Gasteiger partial charge in [-0.2, -0.15) is 0 Å². The third-order valence-corrected chi connectivity index (χ3v) is 2.87. The standard InChI is InChI=1S/C13H16N4O/c1-9-5-4-6-11(13(9)10(2)18)14-7-12-16-15-8-17(12)3/h4-6,8,14H,7H2,1-3H3. The summed E-state index contributed by atoms with van der Waals surface area (Å²) in [6.07, 6.45) is 1.65. The van der Waals surface area contributed by atoms with E-state index in [0.717, 1.165) is 22.6 Å². The Bertz CT molecular complexity index is 574. The van der Waals surface area contributed by atoms with E-state index in [4.69, 9.17) is 0 Å². The number of ketones is 1. The molecule has 0 aliphatic carbocycles. The Hall–Kier alpha value is -2.17. The molecule has 2 aromatic rings. The summed E-state index contributed by atoms with van der Waals surface area (Å²) in [6, 6.07) is 5.77. The zero-order valence-corrected chi connectivity index (χ0v) is 10.8. The lowest BCUT2D eigenvalue weighted by atomic mass is 10.0. The average Bonchev–Trinajstić information content (AvgIpc) is 2.71. The first-order valence-corrected chi connectivity index (χ1v) is 5.77. The number of carbonyl (C=O) groups excluding carboxylic acids is 1. The lowest BCUT2D eigenvalue weighted by molar-refractivity contribution is 0.101. The number of aromatic nitrogens is 3. The lowest BCUT2D eigenvalue weighted by Crippen LogP contribution is -2.09. The topological polar surface area (TPSA) is 59.8 Å². The number of aryl methyl sites for hydroxylation is 2. The molecule has 5 heteroatoms. The van der Waals surface area contributed by atoms with Gasteiger partial charge in [-0.25, -0.2) is 0 Å². The quantitative estimate of drug-likeness (QED) is 0.835. The number of rotatable bonds is 4. The van der Waals surface area contributed by atoms with Crippen LogP contribution in [0.2, 0.25) is 0 Å². The van der Waals surface area contributed by atoms with Crippen molar-refractivity contribution in [3.8, 4) is 0 Å². The van der Waals surface area contributed by atoms with E-state index in [9.17, 15) is 4.79 Å². The lowest BCUT2D eigenvalue weighted by Gasteiger charge is -2.11. The molecule has 1 aromatic heterocycles. The normalized spacial score (nSPS) is 10.4. The van der Waals surface area contributed by atoms with Crippen LogP contribution in [0.1, 0.15) is 28.7 Å². The highest BCUT2D eigenvalue weighted by atomic mass is 16.1. The Labute approximate surface area is 106 Å². The Balaban J connectivity index is 2.22. The van der Waals surface area contributed by atoms with Crippen LogP contribution in [0.5, 0.6) is 0 Å². The summed E-state index contributed by atoms with van der Waals surface area (Å²) in [5.74, 6) is 0.888. The van der Waals surface area contributed by atoms with E-state index in [1.807, 2.05) is 36.7 Å². The van der Waals surface area contributed by atoms with Gasteiger partial charge in [0.05, 0.1) is 6.54 Å². The summed E-state index contributed by atoms with van der Waals surface area (Å²) in [5.41, 5.74) is 2.55. The Morgan fingerprint density at radius 2 is 2.22 bits per heavy atom. The van der Waals surface area contributed by atoms with E-state index in [2.05, 4.69) is 15.5 Å². The SMILES string of the molecule is CC(=O)c1c(C)cccc1NCc1nncn1C. The largest absolute Gasteiger partial charge is 0.377 e. The van der Waals surface area contributed by atoms with E-state index in [1.165, 1.54) is 0 Å². The van der Waals surface area contributed by atoms with Crippen molar-refractivity contribution in [1.82, 2.24) is 14.8 Å². The molecule has 18 heavy (non-hydrogen) atoms. The second-order valence-corrected chi connectivity index (χ2v) is 4.27. The van der Waals surface area contributed by atoms with Crippen molar-refractivity contribution in [1.29, 1.82) is 0 Å². The first-order valence-electron chi connectivity index (χ1n) is 5.77. The molecule has 0 fully saturated rings. The fourth-order valence-corrected chi connectivity index (χ4v) is 1.92. The first-order chi connectivity index (χ1) is 8.59. The van der Waals surface area contributed by atoms with Gasteiger partial charge in [0, 0.05) is 18.3 Å². The molecule has 1 N–H and O–H groups in total. The number of benzene rings is 1. The molecule has 0 amide bonds. The molecular weight excluding hydrogens is 228 g/mol. The van der Waals surface area contributed by atoms with Crippen LogP contribution in [-0.4, -0.2) is 20.5 Å². The molecule has 94 valence electrons. The molecule has 0 unspecified atom stereocenters. The van der Waals surface area contributed by atoms with Gasteiger partial charge in [0.1, 0.15) is 6.33 Å². The average molecular weight is 244 g/mol. The predicted octanol–water partition coefficient (Wildman–Crippen LogP) is 1.94. The van der Waals surface area contributed by atoms with Crippen molar-refractivity contribution >= 4 is 11.5 Å². The van der Waals surface area contributed by atoms with Gasteiger partial charge in [-0.3, -0.25) is 4.79 Å². The number of nitrogens with one attached hydrogen (secondary N) is 1. The van der Waals surface area contributed by atoms with Gasteiger partial charge in [0.15, 0.2) is 11.6 Å². The van der Waals surface area contributed by atoms with Crippen molar-refractivity contribution in [2.75, 3.05) is 5.32 Å². The minimum absolute atomic E-state index is 0.0635. The summed E-state index contributed by atoms with van der Waals surface area (Å²) in [4.78, 5) is 11.6. The highest BCUT2D eigenvalue weighted by Gasteiger charge is 2.10. The van der Waals surface area contributed by atoms with Crippen molar-refractivity contribution in [2.24, 2.45) is 7.05 Å². The molecular formula is C13H16N4O. The van der Waals surface area contributed by atoms with Crippen molar-refractivity contribution < 1.29 is 4.79 Å². The smallest absolute Gasteiger partial charge is 0.162 e. The number of nitrogens with zero attached hydrogens (tertiary/aromatic N) is 3. The monoisotopic (exact) mass is 244 g/mol. The van der Waals surface area contributed by atoms with Crippen molar-refractivity contribution in [3.63, 3.8) is 0 Å². The molecule has 0 spiro atoms. The van der Waals surface area contributed by atoms with Gasteiger partial charge < -0.3 is 9.88 Å². The van der Waals surface area contributed by atoms with Gasteiger partial charge in [-0.1, -0.05) is 12.1 Å². The Kier molecular flexibility index (Phi) is 3.41. The maximum Gasteiger partial charge on any atom is 0.162 e. The van der Waals surface area contributed by atoms with Gasteiger partial charge >= 0.3 is 0 Å². The summed E-state index contributed by atoms with van der Waals surface area (Å²) in [5, 5.41) is 11.0. The third-order valence-electron chi connectivity index (χ3n) is 2.87. The van der Waals surface area contributed by atoms with E-state index >= 15 is 0 Å². The van der Waals surface area contributed by atoms with E-state index < -0.39 is 0 Å². The number of Topliss-reactive ketones (excluding diaryl/α,β-unsaturated/α-hetero) is 1. The maximum atomic E-state index is 11.6. The van der Waals surface area contributed by atoms with Gasteiger partial charge in [-0.15, -0.1) is 10.2 Å². The van der Waals surface area contributed by atoms with Crippen LogP contribution >= 0.6 is 0 Å². The van der Waals surface area contributed by atoms with Gasteiger partial charge in [0.25, 0.3) is 0 Å². The van der Waals surface area contributed by atoms with Crippen LogP contribution < -0.4 is 5.32 Å². The number of hydrogen-bond donors (Lipinski definition) is 1. The van der Waals surface area contributed by atoms with Crippen molar-refractivity contribution in [3.05, 3.63) is 41.5 Å². The Morgan fingerprint density at radius 3 is 2.83 bits per heavy atom. The minimum Gasteiger partial charge on any atom is -0.377 e. The van der Waals surface area contributed by atoms with Crippen molar-refractivity contribution in [2.45, 2.75) is 20.4 Å². The highest BCUT2D eigenvalue weighted by molar-refractivity contribution is 6.00. The highest BCUT2D eigenvalue weighted by Crippen LogP contribution is 2.20. The third kappa shape index (κ3) is 2.40. The molecule has 1 heterocycles. The fourth-order valence-electron chi connectivity index (χ4n) is 1.92. The van der Waals surface area contributed by atoms with Crippen LogP contribution in [0.3, 0.4) is 0 Å². The Morgan fingerprint density at radius 1 is 1.44 bits per heavy atom. The second-order valence-electron chi connectivity index (χ2n) is 4.27. The van der Waals surface area contributed by atoms with Crippen LogP contribution in [0.15, 0.2) is 24.5 Å². The van der Waals surface area contributed by atoms with Crippen LogP contribution in [0.4, 0.5) is 5.69 Å². The van der Waals surface area contributed by atoms with Crippen LogP contribution in [0.25, 0.3) is 0 Å². The van der Waals surface area contributed by atoms with Crippen LogP contribution in [-0.2, 0) is 13.6 Å². The van der Waals surface area contributed by atoms with E-state index in [1.54, 1.807) is 13.3 Å². The molecule has 0 saturated carbocycles. The summed E-state index contributed by atoms with van der Waals surface area (Å²) in [6.45, 7) is 4.06. The first kappa shape index (κ1) is 12.3. The fraction of sp³-hybridized carbons (Fsp3) is 0.308. The zero-order chi connectivity index (χ0) is 13.1. The predicted molar refractivity (Wildman–Crippen MR) is 69.5 cm³/mol. The van der Waals surface area contributed by atoms with Gasteiger partial charge in [-0.05, 0) is 25.5 Å². The molecule has 0 radical (unpaired) electrons. The number of hydrogen-bond acceptors (Lipinski definition) is 4. The summed E-state index contributed by atoms with van der Waals surface area (Å²) < 4.78 is 1.84. The van der Waals surface area contributed by atoms with Crippen LogP contribution in [0, 0.1) is 6.92 Å². The molecule has 0 bridgehead atoms. The molecule has 0 atom stereocenters. The number of anilines is 1. The maximum absolute atomic E-state index is 11.6. The summed E-state index contributed by atoms with van der Waals surface area (Å²) in [7, 11) is 1.89. The van der Waals surface area contributed by atoms with Gasteiger partial charge in [0.2, 0.25) is 0 Å². The molecule has 2 rings (SSSR count). The van der Waals surface area contributed by atoms with E-state index in [0.29, 0.717) is 6.54 Å². The molecule has 1 aromatic carbocycles.